The second kappa shape index (κ2) is 5.46. The Morgan fingerprint density at radius 2 is 2.33 bits per heavy atom. The Bertz CT molecular complexity index is 450. The molecule has 0 radical (unpaired) electrons. The summed E-state index contributed by atoms with van der Waals surface area (Å²) in [5, 5.41) is 17.1. The Kier molecular flexibility index (Phi) is 3.93. The molecular formula is C13H18FN3O. The summed E-state index contributed by atoms with van der Waals surface area (Å²) in [6.45, 7) is 2.12. The highest BCUT2D eigenvalue weighted by atomic mass is 19.1. The molecule has 18 heavy (non-hydrogen) atoms. The van der Waals surface area contributed by atoms with E-state index in [0.717, 1.165) is 24.9 Å². The fourth-order valence-electron chi connectivity index (χ4n) is 2.35. The molecular weight excluding hydrogens is 233 g/mol. The molecule has 0 saturated carbocycles. The highest BCUT2D eigenvalue weighted by Gasteiger charge is 2.19. The number of rotatable bonds is 3. The molecule has 1 aromatic rings. The number of halogens is 1. The summed E-state index contributed by atoms with van der Waals surface area (Å²) in [6.07, 6.45) is 1.50. The molecule has 1 heterocycles. The molecule has 0 aliphatic carbocycles. The zero-order valence-electron chi connectivity index (χ0n) is 10.2. The second-order valence-corrected chi connectivity index (χ2v) is 4.75. The molecule has 1 saturated heterocycles. The van der Waals surface area contributed by atoms with Crippen LogP contribution >= 0.6 is 0 Å². The van der Waals surface area contributed by atoms with Crippen LogP contribution in [0.25, 0.3) is 0 Å². The van der Waals surface area contributed by atoms with Gasteiger partial charge in [0.15, 0.2) is 0 Å². The highest BCUT2D eigenvalue weighted by molar-refractivity contribution is 5.96. The van der Waals surface area contributed by atoms with Crippen LogP contribution in [0.3, 0.4) is 0 Å². The predicted molar refractivity (Wildman–Crippen MR) is 67.9 cm³/mol. The maximum absolute atomic E-state index is 13.1. The Morgan fingerprint density at radius 1 is 1.56 bits per heavy atom. The Hall–Kier alpha value is -1.46. The molecule has 1 unspecified atom stereocenters. The van der Waals surface area contributed by atoms with Crippen LogP contribution in [0, 0.1) is 11.2 Å². The second-order valence-electron chi connectivity index (χ2n) is 4.75. The van der Waals surface area contributed by atoms with Gasteiger partial charge in [0, 0.05) is 18.7 Å². The fraction of sp³-hybridized carbons (Fsp3) is 0.462. The topological polar surface area (TPSA) is 73.3 Å². The number of hydrogen-bond donors (Lipinski definition) is 3. The summed E-state index contributed by atoms with van der Waals surface area (Å²) >= 11 is 0. The lowest BCUT2D eigenvalue weighted by molar-refractivity contribution is 0.0668. The molecule has 0 spiro atoms. The minimum atomic E-state index is -0.386. The van der Waals surface area contributed by atoms with Gasteiger partial charge in [-0.25, -0.2) is 4.39 Å². The number of β-amino-alcohol motifs (C(OH)–C–C–N with tert-alkyl or cyclic N) is 1. The van der Waals surface area contributed by atoms with Gasteiger partial charge < -0.3 is 10.8 Å². The van der Waals surface area contributed by atoms with Gasteiger partial charge in [0.25, 0.3) is 0 Å². The van der Waals surface area contributed by atoms with E-state index in [4.69, 9.17) is 11.1 Å². The van der Waals surface area contributed by atoms with Crippen molar-refractivity contribution in [3.63, 3.8) is 0 Å². The minimum Gasteiger partial charge on any atom is -0.392 e. The molecule has 1 aliphatic rings. The molecule has 4 nitrogen and oxygen atoms in total. The fourth-order valence-corrected chi connectivity index (χ4v) is 2.35. The number of aliphatic hydroxyl groups excluding tert-OH is 1. The minimum absolute atomic E-state index is 0.123. The van der Waals surface area contributed by atoms with Crippen LogP contribution in [0.2, 0.25) is 0 Å². The molecule has 0 bridgehead atoms. The molecule has 0 amide bonds. The number of piperidine rings is 1. The van der Waals surface area contributed by atoms with E-state index in [1.54, 1.807) is 6.07 Å². The largest absolute Gasteiger partial charge is 0.392 e. The van der Waals surface area contributed by atoms with Gasteiger partial charge in [0.1, 0.15) is 11.7 Å². The molecule has 98 valence electrons. The number of nitrogens with one attached hydrogen (secondary N) is 1. The van der Waals surface area contributed by atoms with E-state index in [2.05, 4.69) is 4.90 Å². The summed E-state index contributed by atoms with van der Waals surface area (Å²) in [5.74, 6) is -0.510. The van der Waals surface area contributed by atoms with E-state index in [0.29, 0.717) is 18.7 Å². The lowest BCUT2D eigenvalue weighted by Gasteiger charge is -2.30. The van der Waals surface area contributed by atoms with Gasteiger partial charge in [0.2, 0.25) is 0 Å². The number of amidine groups is 1. The Morgan fingerprint density at radius 3 is 3.00 bits per heavy atom. The molecule has 1 aliphatic heterocycles. The van der Waals surface area contributed by atoms with Gasteiger partial charge in [0.05, 0.1) is 6.10 Å². The molecule has 1 atom stereocenters. The summed E-state index contributed by atoms with van der Waals surface area (Å²) in [7, 11) is 0. The molecule has 1 aromatic carbocycles. The SMILES string of the molecule is N=C(N)c1cc(F)ccc1CN1CCCC(O)C1. The van der Waals surface area contributed by atoms with Crippen molar-refractivity contribution in [2.24, 2.45) is 5.73 Å². The summed E-state index contributed by atoms with van der Waals surface area (Å²) in [4.78, 5) is 2.11. The van der Waals surface area contributed by atoms with E-state index in [1.165, 1.54) is 12.1 Å². The average molecular weight is 251 g/mol. The van der Waals surface area contributed by atoms with Crippen molar-refractivity contribution in [1.29, 1.82) is 5.41 Å². The smallest absolute Gasteiger partial charge is 0.123 e. The van der Waals surface area contributed by atoms with Crippen LogP contribution < -0.4 is 5.73 Å². The van der Waals surface area contributed by atoms with E-state index in [9.17, 15) is 9.50 Å². The van der Waals surface area contributed by atoms with Gasteiger partial charge in [-0.15, -0.1) is 0 Å². The van der Waals surface area contributed by atoms with Crippen LogP contribution in [-0.4, -0.2) is 35.0 Å². The third-order valence-corrected chi connectivity index (χ3v) is 3.24. The van der Waals surface area contributed by atoms with Crippen LogP contribution in [-0.2, 0) is 6.54 Å². The van der Waals surface area contributed by atoms with Gasteiger partial charge in [-0.1, -0.05) is 6.07 Å². The monoisotopic (exact) mass is 251 g/mol. The average Bonchev–Trinajstić information content (AvgIpc) is 2.31. The predicted octanol–water partition coefficient (Wildman–Crippen LogP) is 1.07. The summed E-state index contributed by atoms with van der Waals surface area (Å²) in [6, 6.07) is 4.33. The van der Waals surface area contributed by atoms with Crippen molar-refractivity contribution in [3.8, 4) is 0 Å². The Balaban J connectivity index is 2.15. The van der Waals surface area contributed by atoms with Gasteiger partial charge in [-0.2, -0.15) is 0 Å². The van der Waals surface area contributed by atoms with Gasteiger partial charge in [-0.05, 0) is 37.1 Å². The van der Waals surface area contributed by atoms with E-state index in [1.807, 2.05) is 0 Å². The lowest BCUT2D eigenvalue weighted by Crippen LogP contribution is -2.38. The number of hydrogen-bond acceptors (Lipinski definition) is 3. The first-order valence-corrected chi connectivity index (χ1v) is 6.09. The van der Waals surface area contributed by atoms with Crippen molar-refractivity contribution in [2.45, 2.75) is 25.5 Å². The van der Waals surface area contributed by atoms with Crippen LogP contribution in [0.4, 0.5) is 4.39 Å². The molecule has 1 fully saturated rings. The van der Waals surface area contributed by atoms with Gasteiger partial charge >= 0.3 is 0 Å². The van der Waals surface area contributed by atoms with Crippen molar-refractivity contribution < 1.29 is 9.50 Å². The number of nitrogen functional groups attached to an aromatic ring is 1. The van der Waals surface area contributed by atoms with Crippen LogP contribution in [0.1, 0.15) is 24.0 Å². The first-order chi connectivity index (χ1) is 8.56. The maximum atomic E-state index is 13.1. The number of nitrogens with zero attached hydrogens (tertiary/aromatic N) is 1. The summed E-state index contributed by atoms with van der Waals surface area (Å²) < 4.78 is 13.1. The van der Waals surface area contributed by atoms with Crippen LogP contribution in [0.15, 0.2) is 18.2 Å². The quantitative estimate of drug-likeness (QED) is 0.555. The van der Waals surface area contributed by atoms with Crippen LogP contribution in [0.5, 0.6) is 0 Å². The van der Waals surface area contributed by atoms with Crippen molar-refractivity contribution >= 4 is 5.84 Å². The van der Waals surface area contributed by atoms with Crippen molar-refractivity contribution in [2.75, 3.05) is 13.1 Å². The lowest BCUT2D eigenvalue weighted by atomic mass is 10.0. The zero-order valence-corrected chi connectivity index (χ0v) is 10.2. The van der Waals surface area contributed by atoms with E-state index >= 15 is 0 Å². The zero-order chi connectivity index (χ0) is 13.1. The highest BCUT2D eigenvalue weighted by Crippen LogP contribution is 2.17. The van der Waals surface area contributed by atoms with Crippen molar-refractivity contribution in [1.82, 2.24) is 4.90 Å². The number of likely N-dealkylation sites (tertiary alicyclic amines) is 1. The number of nitrogens with two attached hydrogens (primary N) is 1. The summed E-state index contributed by atoms with van der Waals surface area (Å²) in [5.41, 5.74) is 6.74. The molecule has 0 aromatic heterocycles. The Labute approximate surface area is 106 Å². The third-order valence-electron chi connectivity index (χ3n) is 3.24. The standard InChI is InChI=1S/C13H18FN3O/c14-10-4-3-9(12(6-10)13(15)16)7-17-5-1-2-11(18)8-17/h3-4,6,11,18H,1-2,5,7-8H2,(H3,15,16). The first kappa shape index (κ1) is 13.0. The maximum Gasteiger partial charge on any atom is 0.123 e. The molecule has 4 N–H and O–H groups in total. The molecule has 2 rings (SSSR count). The van der Waals surface area contributed by atoms with E-state index < -0.39 is 0 Å². The normalized spacial score (nSPS) is 20.9. The third kappa shape index (κ3) is 3.05. The number of aliphatic hydroxyl groups is 1. The van der Waals surface area contributed by atoms with E-state index in [-0.39, 0.29) is 17.8 Å². The number of benzene rings is 1. The first-order valence-electron chi connectivity index (χ1n) is 6.09. The molecule has 5 heteroatoms. The van der Waals surface area contributed by atoms with Gasteiger partial charge in [-0.3, -0.25) is 10.3 Å². The van der Waals surface area contributed by atoms with Crippen molar-refractivity contribution in [3.05, 3.63) is 35.1 Å².